The van der Waals surface area contributed by atoms with E-state index in [1.165, 1.54) is 18.2 Å². The molecule has 0 spiro atoms. The monoisotopic (exact) mass is 520 g/mol. The lowest BCUT2D eigenvalue weighted by molar-refractivity contribution is 0.195. The van der Waals surface area contributed by atoms with Gasteiger partial charge in [0.25, 0.3) is 0 Å². The smallest absolute Gasteiger partial charge is 0.242 e. The van der Waals surface area contributed by atoms with Crippen molar-refractivity contribution in [1.29, 1.82) is 0 Å². The zero-order valence-corrected chi connectivity index (χ0v) is 21.2. The number of rotatable bonds is 9. The molecule has 1 aliphatic heterocycles. The summed E-state index contributed by atoms with van der Waals surface area (Å²) in [5.41, 5.74) is 0.471. The zero-order chi connectivity index (χ0) is 24.8. The fraction of sp³-hybridized carbons (Fsp3) is 0.400. The number of hydrogen-bond donors (Lipinski definition) is 1. The lowest BCUT2D eigenvalue weighted by Crippen LogP contribution is -2.47. The van der Waals surface area contributed by atoms with Crippen molar-refractivity contribution in [2.75, 3.05) is 39.3 Å². The molecule has 1 aromatic heterocycles. The van der Waals surface area contributed by atoms with E-state index in [1.807, 2.05) is 6.92 Å². The predicted molar refractivity (Wildman–Crippen MR) is 136 cm³/mol. The maximum atomic E-state index is 13.2. The molecule has 2 aromatic carbocycles. The quantitative estimate of drug-likeness (QED) is 0.428. The molecule has 1 unspecified atom stereocenters. The Hall–Kier alpha value is -2.30. The van der Waals surface area contributed by atoms with E-state index in [9.17, 15) is 12.8 Å². The van der Waals surface area contributed by atoms with E-state index in [2.05, 4.69) is 19.5 Å². The molecule has 0 saturated carbocycles. The van der Waals surface area contributed by atoms with Crippen molar-refractivity contribution in [3.8, 4) is 5.75 Å². The van der Waals surface area contributed by atoms with Crippen LogP contribution in [0.1, 0.15) is 19.8 Å². The average molecular weight is 521 g/mol. The van der Waals surface area contributed by atoms with Crippen LogP contribution in [0.2, 0.25) is 5.02 Å². The van der Waals surface area contributed by atoms with Crippen LogP contribution >= 0.6 is 11.6 Å². The SMILES string of the molecule is CC(NS(=O)(=O)c1ccc(Cl)c2ncccc12)N1CCCN(CCCOc2ccc(F)cc2)CC1. The highest BCUT2D eigenvalue weighted by Gasteiger charge is 2.25. The molecule has 2 heterocycles. The largest absolute Gasteiger partial charge is 0.494 e. The molecule has 0 aliphatic carbocycles. The first-order valence-corrected chi connectivity index (χ1v) is 13.6. The van der Waals surface area contributed by atoms with Crippen molar-refractivity contribution in [3.63, 3.8) is 0 Å². The number of pyridine rings is 1. The van der Waals surface area contributed by atoms with Crippen LogP contribution in [0.5, 0.6) is 5.75 Å². The molecule has 1 atom stereocenters. The Morgan fingerprint density at radius 3 is 2.71 bits per heavy atom. The van der Waals surface area contributed by atoms with Crippen LogP contribution in [0.3, 0.4) is 0 Å². The van der Waals surface area contributed by atoms with Gasteiger partial charge in [0.05, 0.1) is 28.2 Å². The average Bonchev–Trinajstić information content (AvgIpc) is 3.09. The topological polar surface area (TPSA) is 74.8 Å². The van der Waals surface area contributed by atoms with Crippen LogP contribution in [-0.2, 0) is 10.0 Å². The summed E-state index contributed by atoms with van der Waals surface area (Å²) in [4.78, 5) is 8.93. The summed E-state index contributed by atoms with van der Waals surface area (Å²) in [6, 6.07) is 12.6. The first-order chi connectivity index (χ1) is 16.8. The number of sulfonamides is 1. The molecule has 1 saturated heterocycles. The Labute approximate surface area is 210 Å². The normalized spacial score (nSPS) is 16.8. The molecule has 0 radical (unpaired) electrons. The van der Waals surface area contributed by atoms with Gasteiger partial charge in [-0.05, 0) is 74.8 Å². The van der Waals surface area contributed by atoms with Gasteiger partial charge in [0.1, 0.15) is 11.6 Å². The number of halogens is 2. The minimum atomic E-state index is -3.77. The number of benzene rings is 2. The number of nitrogens with one attached hydrogen (secondary N) is 1. The van der Waals surface area contributed by atoms with Gasteiger partial charge in [-0.25, -0.2) is 12.8 Å². The van der Waals surface area contributed by atoms with Crippen LogP contribution in [0.15, 0.2) is 59.6 Å². The highest BCUT2D eigenvalue weighted by Crippen LogP contribution is 2.27. The molecular weight excluding hydrogens is 491 g/mol. The van der Waals surface area contributed by atoms with Crippen LogP contribution < -0.4 is 9.46 Å². The van der Waals surface area contributed by atoms with Crippen molar-refractivity contribution in [3.05, 3.63) is 65.6 Å². The molecule has 1 N–H and O–H groups in total. The predicted octanol–water partition coefficient (Wildman–Crippen LogP) is 4.13. The number of nitrogens with zero attached hydrogens (tertiary/aromatic N) is 3. The molecule has 4 rings (SSSR count). The van der Waals surface area contributed by atoms with Crippen LogP contribution in [0.25, 0.3) is 10.9 Å². The highest BCUT2D eigenvalue weighted by molar-refractivity contribution is 7.89. The first-order valence-electron chi connectivity index (χ1n) is 11.7. The summed E-state index contributed by atoms with van der Waals surface area (Å²) in [5, 5.41) is 0.924. The van der Waals surface area contributed by atoms with Gasteiger partial charge in [-0.15, -0.1) is 0 Å². The van der Waals surface area contributed by atoms with Gasteiger partial charge in [0.2, 0.25) is 10.0 Å². The van der Waals surface area contributed by atoms with Crippen LogP contribution in [0.4, 0.5) is 4.39 Å². The number of ether oxygens (including phenoxy) is 1. The van der Waals surface area contributed by atoms with Gasteiger partial charge >= 0.3 is 0 Å². The fourth-order valence-electron chi connectivity index (χ4n) is 4.32. The van der Waals surface area contributed by atoms with Gasteiger partial charge in [0.15, 0.2) is 0 Å². The summed E-state index contributed by atoms with van der Waals surface area (Å²) in [7, 11) is -3.77. The van der Waals surface area contributed by atoms with Gasteiger partial charge in [-0.1, -0.05) is 11.6 Å². The van der Waals surface area contributed by atoms with Crippen LogP contribution in [-0.4, -0.2) is 68.7 Å². The second-order valence-electron chi connectivity index (χ2n) is 8.63. The molecule has 10 heteroatoms. The Balaban J connectivity index is 1.29. The lowest BCUT2D eigenvalue weighted by atomic mass is 10.2. The maximum Gasteiger partial charge on any atom is 0.242 e. The molecule has 7 nitrogen and oxygen atoms in total. The molecule has 1 aliphatic rings. The second-order valence-corrected chi connectivity index (χ2v) is 10.7. The molecular formula is C25H30ClFN4O3S. The lowest BCUT2D eigenvalue weighted by Gasteiger charge is -2.28. The van der Waals surface area contributed by atoms with E-state index in [4.69, 9.17) is 16.3 Å². The van der Waals surface area contributed by atoms with Crippen LogP contribution in [0, 0.1) is 5.82 Å². The second kappa shape index (κ2) is 11.6. The molecule has 0 bridgehead atoms. The van der Waals surface area contributed by atoms with E-state index < -0.39 is 10.0 Å². The third kappa shape index (κ3) is 6.68. The molecule has 1 fully saturated rings. The maximum absolute atomic E-state index is 13.2. The summed E-state index contributed by atoms with van der Waals surface area (Å²) in [6.45, 7) is 6.67. The Morgan fingerprint density at radius 1 is 1.11 bits per heavy atom. The Bertz CT molecular complexity index is 1240. The zero-order valence-electron chi connectivity index (χ0n) is 19.7. The summed E-state index contributed by atoms with van der Waals surface area (Å²) in [6.07, 6.45) is 3.04. The molecule has 188 valence electrons. The first kappa shape index (κ1) is 25.8. The van der Waals surface area contributed by atoms with Crippen molar-refractivity contribution in [2.24, 2.45) is 0 Å². The van der Waals surface area contributed by atoms with Crippen molar-refractivity contribution in [2.45, 2.75) is 30.8 Å². The number of fused-ring (bicyclic) bond motifs is 1. The number of hydrogen-bond acceptors (Lipinski definition) is 6. The minimum Gasteiger partial charge on any atom is -0.494 e. The summed E-state index contributed by atoms with van der Waals surface area (Å²) in [5.74, 6) is 0.389. The standard InChI is InChI=1S/C25H30ClFN4O3S/c1-19(29-35(32,33)24-11-10-23(26)25-22(24)5-2-12-28-25)31-15-3-13-30(16-17-31)14-4-18-34-21-8-6-20(27)7-9-21/h2,5-12,19,29H,3-4,13-18H2,1H3. The van der Waals surface area contributed by atoms with Gasteiger partial charge in [-0.3, -0.25) is 9.88 Å². The third-order valence-electron chi connectivity index (χ3n) is 6.17. The van der Waals surface area contributed by atoms with E-state index in [0.29, 0.717) is 28.3 Å². The Kier molecular flexibility index (Phi) is 8.56. The fourth-order valence-corrected chi connectivity index (χ4v) is 5.96. The Morgan fingerprint density at radius 2 is 1.91 bits per heavy atom. The summed E-state index contributed by atoms with van der Waals surface area (Å²) < 4.78 is 47.9. The summed E-state index contributed by atoms with van der Waals surface area (Å²) >= 11 is 6.21. The van der Waals surface area contributed by atoms with E-state index in [1.54, 1.807) is 36.5 Å². The molecule has 35 heavy (non-hydrogen) atoms. The highest BCUT2D eigenvalue weighted by atomic mass is 35.5. The van der Waals surface area contributed by atoms with Crippen molar-refractivity contribution < 1.29 is 17.5 Å². The van der Waals surface area contributed by atoms with Crippen molar-refractivity contribution >= 4 is 32.5 Å². The minimum absolute atomic E-state index is 0.175. The van der Waals surface area contributed by atoms with Crippen molar-refractivity contribution in [1.82, 2.24) is 19.5 Å². The van der Waals surface area contributed by atoms with E-state index in [0.717, 1.165) is 45.6 Å². The van der Waals surface area contributed by atoms with Gasteiger partial charge in [0, 0.05) is 37.8 Å². The van der Waals surface area contributed by atoms with E-state index >= 15 is 0 Å². The van der Waals surface area contributed by atoms with Gasteiger partial charge in [-0.2, -0.15) is 4.72 Å². The van der Waals surface area contributed by atoms with Gasteiger partial charge < -0.3 is 9.64 Å². The third-order valence-corrected chi connectivity index (χ3v) is 8.06. The molecule has 0 amide bonds. The molecule has 3 aromatic rings. The van der Waals surface area contributed by atoms with E-state index in [-0.39, 0.29) is 16.9 Å². The number of aromatic nitrogens is 1.